The van der Waals surface area contributed by atoms with Gasteiger partial charge in [-0.25, -0.2) is 0 Å². The van der Waals surface area contributed by atoms with E-state index in [-0.39, 0.29) is 58.2 Å². The van der Waals surface area contributed by atoms with Crippen LogP contribution in [0.1, 0.15) is 0 Å². The first-order valence-electron chi connectivity index (χ1n) is 0. The van der Waals surface area contributed by atoms with Crippen molar-refractivity contribution in [3.05, 3.63) is 0 Å². The van der Waals surface area contributed by atoms with Gasteiger partial charge in [-0.1, -0.05) is 0 Å². The van der Waals surface area contributed by atoms with Crippen LogP contribution >= 0.6 is 0 Å². The van der Waals surface area contributed by atoms with E-state index in [2.05, 4.69) is 0 Å². The predicted molar refractivity (Wildman–Crippen MR) is 0 cm³/mol. The molecule has 4 heteroatoms. The van der Waals surface area contributed by atoms with Crippen molar-refractivity contribution in [3.63, 3.8) is 0 Å². The van der Waals surface area contributed by atoms with Gasteiger partial charge in [-0.2, -0.15) is 0 Å². The van der Waals surface area contributed by atoms with E-state index in [9.17, 15) is 0 Å². The molecule has 0 aromatic heterocycles. The third kappa shape index (κ3) is 10.6. The van der Waals surface area contributed by atoms with Crippen molar-refractivity contribution >= 4 is 0 Å². The molecule has 0 aliphatic carbocycles. The molecule has 0 amide bonds. The summed E-state index contributed by atoms with van der Waals surface area (Å²) >= 11 is 0. The summed E-state index contributed by atoms with van der Waals surface area (Å²) in [5, 5.41) is 0. The molecule has 0 fully saturated rings. The average molecular weight is 284 g/mol. The van der Waals surface area contributed by atoms with Crippen molar-refractivity contribution in [2.75, 3.05) is 0 Å². The molecule has 0 rings (SSSR count). The second kappa shape index (κ2) is 29.1. The van der Waals surface area contributed by atoms with Gasteiger partial charge in [0, 0.05) is 0 Å². The van der Waals surface area contributed by atoms with Crippen LogP contribution in [0.2, 0.25) is 0 Å². The Morgan fingerprint density at radius 1 is 0.500 bits per heavy atom. The zero-order valence-corrected chi connectivity index (χ0v) is 6.46. The number of hydrogen-bond acceptors (Lipinski definition) is 0. The van der Waals surface area contributed by atoms with Gasteiger partial charge in [0.25, 0.3) is 0 Å². The van der Waals surface area contributed by atoms with E-state index in [0.29, 0.717) is 0 Å². The summed E-state index contributed by atoms with van der Waals surface area (Å²) in [7, 11) is 0. The van der Waals surface area contributed by atoms with Gasteiger partial charge in [0.2, 0.25) is 0 Å². The summed E-state index contributed by atoms with van der Waals surface area (Å²) in [6.45, 7) is 0. The van der Waals surface area contributed by atoms with E-state index in [1.807, 2.05) is 0 Å². The molecule has 24 valence electrons. The first-order chi connectivity index (χ1) is 0. The summed E-state index contributed by atoms with van der Waals surface area (Å²) in [5.41, 5.74) is 0. The Labute approximate surface area is 57.6 Å². The van der Waals surface area contributed by atoms with Crippen molar-refractivity contribution in [3.8, 4) is 0 Å². The van der Waals surface area contributed by atoms with Gasteiger partial charge in [0.05, 0.1) is 0 Å². The second-order valence-corrected chi connectivity index (χ2v) is 0. The Kier molecular flexibility index (Phi) is 450. The van der Waals surface area contributed by atoms with E-state index in [4.69, 9.17) is 0 Å². The van der Waals surface area contributed by atoms with Crippen LogP contribution in [0.4, 0.5) is 0 Å². The Balaban J connectivity index is 0. The third-order valence-corrected chi connectivity index (χ3v) is 0. The maximum Gasteiger partial charge on any atom is 3.00 e. The van der Waals surface area contributed by atoms with Gasteiger partial charge in [0.15, 0.2) is 0 Å². The fourth-order valence-electron chi connectivity index (χ4n) is 0. The van der Waals surface area contributed by atoms with Crippen LogP contribution in [-0.4, -0.2) is 0 Å². The average Bonchev–Trinajstić information content (AvgIpc) is 0. The predicted octanol–water partition coefficient (Wildman–Crippen LogP) is -8.99. The zero-order valence-electron chi connectivity index (χ0n) is 1.71. The topological polar surface area (TPSA) is 0 Å². The molecule has 0 aromatic carbocycles. The monoisotopic (exact) mass is 284 g/mol. The number of rotatable bonds is 0. The van der Waals surface area contributed by atoms with Crippen LogP contribution < -0.4 is 14.1 Å². The Morgan fingerprint density at radius 3 is 0.500 bits per heavy atom. The molecule has 0 atom stereocenters. The molecule has 0 saturated carbocycles. The van der Waals surface area contributed by atoms with Crippen molar-refractivity contribution < 1.29 is 58.2 Å². The Morgan fingerprint density at radius 2 is 0.500 bits per heavy atom. The van der Waals surface area contributed by atoms with Crippen molar-refractivity contribution in [1.29, 1.82) is 0 Å². The minimum atomic E-state index is 0. The number of hydrogen-bond donors (Lipinski definition) is 0. The summed E-state index contributed by atoms with van der Waals surface area (Å²) in [5.74, 6) is 0. The van der Waals surface area contributed by atoms with Crippen LogP contribution in [0.5, 0.6) is 0 Å². The van der Waals surface area contributed by atoms with Gasteiger partial charge in [-0.3, -0.25) is 0 Å². The minimum Gasteiger partial charge on any atom is -1.00 e. The van der Waals surface area contributed by atoms with E-state index < -0.39 is 0 Å². The van der Waals surface area contributed by atoms with Crippen LogP contribution in [0, 0.1) is 44.1 Å². The first kappa shape index (κ1) is 61.8. The molecule has 0 heterocycles. The molecule has 0 nitrogen and oxygen atoms in total. The van der Waals surface area contributed by atoms with Crippen molar-refractivity contribution in [2.45, 2.75) is 0 Å². The third-order valence-electron chi connectivity index (χ3n) is 0. The standard InChI is InChI=1S/Ac.3FH/h;3*1H/q+3;;;/p-3. The normalized spacial score (nSPS) is 0. The van der Waals surface area contributed by atoms with Crippen LogP contribution in [0.25, 0.3) is 0 Å². The Hall–Kier alpha value is 1.23. The molecule has 0 spiro atoms. The fraction of sp³-hybridized carbons (Fsp3) is 0. The summed E-state index contributed by atoms with van der Waals surface area (Å²) in [6, 6.07) is 0. The SMILES string of the molecule is [Ac+3].[F-].[F-].[F-]. The van der Waals surface area contributed by atoms with Crippen LogP contribution in [0.15, 0.2) is 0 Å². The molecule has 0 bridgehead atoms. The van der Waals surface area contributed by atoms with E-state index in [1.54, 1.807) is 0 Å². The molecule has 0 aromatic rings. The molecule has 0 unspecified atom stereocenters. The maximum atomic E-state index is 0. The molecule has 4 heavy (non-hydrogen) atoms. The number of halogens is 3. The molecule has 0 N–H and O–H groups in total. The van der Waals surface area contributed by atoms with Gasteiger partial charge in [-0.15, -0.1) is 0 Å². The Bertz CT molecular complexity index is 3.25. The van der Waals surface area contributed by atoms with Gasteiger partial charge < -0.3 is 14.1 Å². The molecule has 0 radical (unpaired) electrons. The maximum absolute atomic E-state index is 0. The smallest absolute Gasteiger partial charge is 1.00 e. The zero-order chi connectivity index (χ0) is 0. The van der Waals surface area contributed by atoms with Crippen LogP contribution in [0.3, 0.4) is 0 Å². The largest absolute Gasteiger partial charge is 3.00 e. The molecule has 0 saturated heterocycles. The van der Waals surface area contributed by atoms with E-state index in [0.717, 1.165) is 0 Å². The minimum absolute atomic E-state index is 0. The summed E-state index contributed by atoms with van der Waals surface area (Å²) in [6.07, 6.45) is 0. The fourth-order valence-corrected chi connectivity index (χ4v) is 0. The van der Waals surface area contributed by atoms with Crippen molar-refractivity contribution in [1.82, 2.24) is 0 Å². The van der Waals surface area contributed by atoms with Crippen LogP contribution in [-0.2, 0) is 0 Å². The quantitative estimate of drug-likeness (QED) is 0.414. The summed E-state index contributed by atoms with van der Waals surface area (Å²) in [4.78, 5) is 0. The molecule has 0 aliphatic rings. The summed E-state index contributed by atoms with van der Waals surface area (Å²) < 4.78 is 0. The first-order valence-corrected chi connectivity index (χ1v) is 0. The van der Waals surface area contributed by atoms with Gasteiger partial charge >= 0.3 is 44.1 Å². The molecule has 0 aliphatic heterocycles. The van der Waals surface area contributed by atoms with Gasteiger partial charge in [0.1, 0.15) is 0 Å². The van der Waals surface area contributed by atoms with E-state index in [1.165, 1.54) is 0 Å². The molecular formula is AcF3. The molecular weight excluding hydrogens is 284 g/mol. The van der Waals surface area contributed by atoms with Gasteiger partial charge in [-0.05, 0) is 0 Å². The van der Waals surface area contributed by atoms with Crippen molar-refractivity contribution in [2.24, 2.45) is 0 Å². The second-order valence-electron chi connectivity index (χ2n) is 0. The van der Waals surface area contributed by atoms with E-state index >= 15 is 0 Å².